The predicted molar refractivity (Wildman–Crippen MR) is 197 cm³/mol. The lowest BCUT2D eigenvalue weighted by molar-refractivity contribution is 0.584. The molecular formula is C45H24F8N4. The van der Waals surface area contributed by atoms with E-state index in [0.29, 0.717) is 24.3 Å². The minimum Gasteiger partial charge on any atom is -0.251 e. The van der Waals surface area contributed by atoms with Crippen molar-refractivity contribution in [3.8, 4) is 45.0 Å². The molecule has 12 heteroatoms. The van der Waals surface area contributed by atoms with Gasteiger partial charge in [0.1, 0.15) is 52.0 Å². The van der Waals surface area contributed by atoms with E-state index in [-0.39, 0.29) is 67.8 Å². The van der Waals surface area contributed by atoms with Crippen molar-refractivity contribution < 1.29 is 35.1 Å². The fourth-order valence-electron chi connectivity index (χ4n) is 6.75. The van der Waals surface area contributed by atoms with Gasteiger partial charge in [0.25, 0.3) is 0 Å². The van der Waals surface area contributed by atoms with E-state index in [0.717, 1.165) is 24.3 Å². The van der Waals surface area contributed by atoms with Gasteiger partial charge >= 0.3 is 0 Å². The minimum atomic E-state index is -1.92. The molecule has 4 heterocycles. The van der Waals surface area contributed by atoms with Gasteiger partial charge in [0, 0.05) is 46.5 Å². The first-order valence-corrected chi connectivity index (χ1v) is 17.2. The van der Waals surface area contributed by atoms with Crippen LogP contribution in [0.4, 0.5) is 35.1 Å². The lowest BCUT2D eigenvalue weighted by Gasteiger charge is -2.33. The molecule has 57 heavy (non-hydrogen) atoms. The van der Waals surface area contributed by atoms with Crippen molar-refractivity contribution in [2.24, 2.45) is 0 Å². The smallest absolute Gasteiger partial charge is 0.138 e. The number of halogens is 8. The maximum atomic E-state index is 15.4. The molecule has 0 spiro atoms. The van der Waals surface area contributed by atoms with Crippen LogP contribution >= 0.6 is 0 Å². The zero-order valence-electron chi connectivity index (χ0n) is 29.2. The van der Waals surface area contributed by atoms with Crippen molar-refractivity contribution in [3.63, 3.8) is 0 Å². The summed E-state index contributed by atoms with van der Waals surface area (Å²) in [7, 11) is 0. The largest absolute Gasteiger partial charge is 0.251 e. The normalized spacial score (nSPS) is 11.5. The molecule has 0 bridgehead atoms. The summed E-state index contributed by atoms with van der Waals surface area (Å²) in [6, 6.07) is 30.2. The Hall–Kier alpha value is -7.08. The minimum absolute atomic E-state index is 0.0385. The van der Waals surface area contributed by atoms with Crippen LogP contribution in [0, 0.1) is 46.5 Å². The lowest BCUT2D eigenvalue weighted by atomic mass is 9.73. The second kappa shape index (κ2) is 14.9. The highest BCUT2D eigenvalue weighted by Crippen LogP contribution is 2.45. The second-order valence-electron chi connectivity index (χ2n) is 12.9. The van der Waals surface area contributed by atoms with Gasteiger partial charge in [-0.1, -0.05) is 24.3 Å². The van der Waals surface area contributed by atoms with Crippen LogP contribution < -0.4 is 0 Å². The molecule has 0 saturated carbocycles. The van der Waals surface area contributed by atoms with Gasteiger partial charge in [-0.2, -0.15) is 0 Å². The zero-order chi connectivity index (χ0) is 39.8. The van der Waals surface area contributed by atoms with Crippen LogP contribution in [-0.2, 0) is 5.41 Å². The molecule has 0 saturated heterocycles. The van der Waals surface area contributed by atoms with E-state index in [1.807, 2.05) is 0 Å². The molecule has 4 nitrogen and oxygen atoms in total. The Bertz CT molecular complexity index is 2440. The SMILES string of the molecule is Fc1ccc(-c2cccc(C(c3cccc(-c4ccc(F)cc4F)n3)(c3cccc(-c4ccc(F)cc4F)n3)c3cccc(-c4ccc(F)cc4F)n3)n2)c(F)c1. The molecule has 0 atom stereocenters. The molecule has 0 aliphatic heterocycles. The molecule has 8 rings (SSSR count). The van der Waals surface area contributed by atoms with Gasteiger partial charge in [-0.25, -0.2) is 35.1 Å². The molecule has 4 aromatic carbocycles. The van der Waals surface area contributed by atoms with E-state index >= 15 is 17.6 Å². The number of pyridine rings is 4. The quantitative estimate of drug-likeness (QED) is 0.144. The van der Waals surface area contributed by atoms with E-state index < -0.39 is 52.0 Å². The van der Waals surface area contributed by atoms with Crippen molar-refractivity contribution in [2.75, 3.05) is 0 Å². The Morgan fingerprint density at radius 2 is 0.509 bits per heavy atom. The maximum Gasteiger partial charge on any atom is 0.138 e. The van der Waals surface area contributed by atoms with E-state index in [1.165, 1.54) is 48.5 Å². The number of hydrogen-bond donors (Lipinski definition) is 0. The Morgan fingerprint density at radius 1 is 0.281 bits per heavy atom. The predicted octanol–water partition coefficient (Wildman–Crippen LogP) is 11.4. The summed E-state index contributed by atoms with van der Waals surface area (Å²) in [4.78, 5) is 19.5. The number of nitrogens with zero attached hydrogens (tertiary/aromatic N) is 4. The van der Waals surface area contributed by atoms with Crippen LogP contribution in [0.1, 0.15) is 22.8 Å². The topological polar surface area (TPSA) is 51.6 Å². The third-order valence-electron chi connectivity index (χ3n) is 9.36. The van der Waals surface area contributed by atoms with Crippen LogP contribution in [0.15, 0.2) is 146 Å². The Morgan fingerprint density at radius 3 is 0.719 bits per heavy atom. The lowest BCUT2D eigenvalue weighted by Crippen LogP contribution is -2.35. The van der Waals surface area contributed by atoms with Gasteiger partial charge in [-0.15, -0.1) is 0 Å². The van der Waals surface area contributed by atoms with Gasteiger partial charge in [-0.05, 0) is 97.1 Å². The van der Waals surface area contributed by atoms with Crippen LogP contribution in [-0.4, -0.2) is 19.9 Å². The molecule has 0 aliphatic carbocycles. The average molecular weight is 773 g/mol. The van der Waals surface area contributed by atoms with E-state index in [4.69, 9.17) is 19.9 Å². The summed E-state index contributed by atoms with van der Waals surface area (Å²) in [6.45, 7) is 0. The van der Waals surface area contributed by atoms with Crippen LogP contribution in [0.25, 0.3) is 45.0 Å². The molecule has 0 amide bonds. The van der Waals surface area contributed by atoms with E-state index in [9.17, 15) is 17.6 Å². The average Bonchev–Trinajstić information content (AvgIpc) is 3.19. The Balaban J connectivity index is 1.49. The van der Waals surface area contributed by atoms with Crippen molar-refractivity contribution >= 4 is 0 Å². The summed E-state index contributed by atoms with van der Waals surface area (Å²) >= 11 is 0. The third-order valence-corrected chi connectivity index (χ3v) is 9.36. The van der Waals surface area contributed by atoms with Crippen molar-refractivity contribution in [1.29, 1.82) is 0 Å². The molecule has 0 unspecified atom stereocenters. The Kier molecular flexibility index (Phi) is 9.62. The molecule has 0 N–H and O–H groups in total. The van der Waals surface area contributed by atoms with Crippen molar-refractivity contribution in [1.82, 2.24) is 19.9 Å². The highest BCUT2D eigenvalue weighted by molar-refractivity contribution is 5.67. The summed E-state index contributed by atoms with van der Waals surface area (Å²) in [5.41, 5.74) is -1.79. The molecule has 0 aliphatic rings. The first-order chi connectivity index (χ1) is 27.5. The monoisotopic (exact) mass is 772 g/mol. The second-order valence-corrected chi connectivity index (χ2v) is 12.9. The van der Waals surface area contributed by atoms with Crippen LogP contribution in [0.3, 0.4) is 0 Å². The molecular weight excluding hydrogens is 749 g/mol. The highest BCUT2D eigenvalue weighted by atomic mass is 19.2. The Labute approximate surface area is 319 Å². The van der Waals surface area contributed by atoms with Gasteiger partial charge in [0.05, 0.1) is 45.6 Å². The first-order valence-electron chi connectivity index (χ1n) is 17.2. The van der Waals surface area contributed by atoms with Gasteiger partial charge in [0.2, 0.25) is 0 Å². The van der Waals surface area contributed by atoms with Crippen LogP contribution in [0.5, 0.6) is 0 Å². The summed E-state index contributed by atoms with van der Waals surface area (Å²) in [6.07, 6.45) is 0. The summed E-state index contributed by atoms with van der Waals surface area (Å²) in [5.74, 6) is -6.96. The number of rotatable bonds is 8. The van der Waals surface area contributed by atoms with Gasteiger partial charge < -0.3 is 0 Å². The molecule has 0 radical (unpaired) electrons. The number of aromatic nitrogens is 4. The fourth-order valence-corrected chi connectivity index (χ4v) is 6.75. The first kappa shape index (κ1) is 36.9. The summed E-state index contributed by atoms with van der Waals surface area (Å²) < 4.78 is 118. The number of hydrogen-bond acceptors (Lipinski definition) is 4. The van der Waals surface area contributed by atoms with Gasteiger partial charge in [-0.3, -0.25) is 19.9 Å². The molecule has 4 aromatic heterocycles. The highest BCUT2D eigenvalue weighted by Gasteiger charge is 2.45. The van der Waals surface area contributed by atoms with E-state index in [2.05, 4.69) is 0 Å². The summed E-state index contributed by atoms with van der Waals surface area (Å²) in [5, 5.41) is 0. The van der Waals surface area contributed by atoms with Crippen molar-refractivity contribution in [2.45, 2.75) is 5.41 Å². The third kappa shape index (κ3) is 6.90. The molecule has 8 aromatic rings. The van der Waals surface area contributed by atoms with Crippen molar-refractivity contribution in [3.05, 3.63) is 215 Å². The maximum absolute atomic E-state index is 15.4. The molecule has 280 valence electrons. The fraction of sp³-hybridized carbons (Fsp3) is 0.0222. The number of benzene rings is 4. The zero-order valence-corrected chi connectivity index (χ0v) is 29.2. The molecule has 0 fully saturated rings. The standard InChI is InChI=1S/C45H24F8N4/c46-25-13-17-29(33(50)21-25)37-5-1-9-41(54-37)45(42-10-2-6-38(55-42)30-18-14-26(47)22-34(30)51,43-11-3-7-39(56-43)31-19-15-27(48)23-35(31)52)44-12-4-8-40(57-44)32-20-16-28(49)24-36(32)53/h1-24H. The van der Waals surface area contributed by atoms with E-state index in [1.54, 1.807) is 48.5 Å². The van der Waals surface area contributed by atoms with Gasteiger partial charge in [0.15, 0.2) is 0 Å². The van der Waals surface area contributed by atoms with Crippen LogP contribution in [0.2, 0.25) is 0 Å².